The monoisotopic (exact) mass is 197 g/mol. The third-order valence-electron chi connectivity index (χ3n) is 2.11. The Bertz CT molecular complexity index is 306. The largest absolute Gasteiger partial charge is 0.465 e. The van der Waals surface area contributed by atoms with E-state index in [-0.39, 0.29) is 0 Å². The van der Waals surface area contributed by atoms with Crippen LogP contribution in [0.1, 0.15) is 12.8 Å². The number of nitrogens with one attached hydrogen (secondary N) is 1. The van der Waals surface area contributed by atoms with E-state index in [1.54, 1.807) is 6.20 Å². The molecule has 0 aromatic carbocycles. The number of hydrogen-bond acceptors (Lipinski definition) is 3. The molecule has 1 aliphatic heterocycles. The first-order valence-electron chi connectivity index (χ1n) is 4.42. The minimum Gasteiger partial charge on any atom is -0.465 e. The number of anilines is 1. The number of amides is 1. The molecule has 2 N–H and O–H groups in total. The first kappa shape index (κ1) is 9.01. The zero-order valence-corrected chi connectivity index (χ0v) is 7.51. The van der Waals surface area contributed by atoms with Gasteiger partial charge in [-0.25, -0.2) is 14.7 Å². The molecule has 76 valence electrons. The van der Waals surface area contributed by atoms with Crippen LogP contribution in [0.3, 0.4) is 0 Å². The molecule has 6 heteroatoms. The second-order valence-electron chi connectivity index (χ2n) is 3.03. The minimum atomic E-state index is -1.05. The molecule has 1 fully saturated rings. The molecule has 0 bridgehead atoms. The van der Waals surface area contributed by atoms with Gasteiger partial charge in [-0.2, -0.15) is 0 Å². The molecule has 0 unspecified atom stereocenters. The van der Waals surface area contributed by atoms with Crippen molar-refractivity contribution in [3.05, 3.63) is 12.4 Å². The average molecular weight is 197 g/mol. The lowest BCUT2D eigenvalue weighted by Gasteiger charge is -2.22. The summed E-state index contributed by atoms with van der Waals surface area (Å²) in [6.45, 7) is 0.606. The Morgan fingerprint density at radius 1 is 1.79 bits per heavy atom. The number of aromatic amines is 1. The number of ether oxygens (including phenoxy) is 1. The van der Waals surface area contributed by atoms with Gasteiger partial charge in [0.15, 0.2) is 0 Å². The van der Waals surface area contributed by atoms with Crippen LogP contribution in [-0.2, 0) is 4.74 Å². The lowest BCUT2D eigenvalue weighted by atomic mass is 10.3. The van der Waals surface area contributed by atoms with Crippen molar-refractivity contribution >= 4 is 12.0 Å². The first-order chi connectivity index (χ1) is 6.79. The molecule has 14 heavy (non-hydrogen) atoms. The van der Waals surface area contributed by atoms with Crippen LogP contribution in [0.15, 0.2) is 12.4 Å². The van der Waals surface area contributed by atoms with Gasteiger partial charge in [-0.15, -0.1) is 0 Å². The average Bonchev–Trinajstić information content (AvgIpc) is 2.75. The predicted molar refractivity (Wildman–Crippen MR) is 48.1 cm³/mol. The van der Waals surface area contributed by atoms with E-state index in [1.165, 1.54) is 6.20 Å². The van der Waals surface area contributed by atoms with Crippen LogP contribution in [-0.4, -0.2) is 34.0 Å². The molecular formula is C8H11N3O3. The minimum absolute atomic E-state index is 0.310. The predicted octanol–water partition coefficient (Wildman–Crippen LogP) is 1.03. The molecule has 0 saturated carbocycles. The molecule has 0 aliphatic carbocycles. The van der Waals surface area contributed by atoms with Crippen molar-refractivity contribution in [1.82, 2.24) is 9.97 Å². The van der Waals surface area contributed by atoms with Gasteiger partial charge < -0.3 is 14.8 Å². The Morgan fingerprint density at radius 2 is 2.64 bits per heavy atom. The number of H-pyrrole nitrogens is 1. The number of aromatic nitrogens is 2. The van der Waals surface area contributed by atoms with Crippen molar-refractivity contribution < 1.29 is 14.6 Å². The fourth-order valence-electron chi connectivity index (χ4n) is 1.50. The van der Waals surface area contributed by atoms with E-state index in [0.717, 1.165) is 11.3 Å². The van der Waals surface area contributed by atoms with Crippen LogP contribution < -0.4 is 4.90 Å². The van der Waals surface area contributed by atoms with Gasteiger partial charge in [0.2, 0.25) is 5.95 Å². The maximum atomic E-state index is 11.0. The highest BCUT2D eigenvalue weighted by atomic mass is 16.5. The van der Waals surface area contributed by atoms with Gasteiger partial charge in [0.25, 0.3) is 0 Å². The van der Waals surface area contributed by atoms with Gasteiger partial charge in [0, 0.05) is 19.0 Å². The number of carboxylic acid groups (broad SMARTS) is 1. The summed E-state index contributed by atoms with van der Waals surface area (Å²) in [5.74, 6) is 0.310. The van der Waals surface area contributed by atoms with E-state index in [1.807, 2.05) is 0 Å². The highest BCUT2D eigenvalue weighted by molar-refractivity contribution is 5.83. The maximum absolute atomic E-state index is 11.0. The van der Waals surface area contributed by atoms with Crippen LogP contribution in [0, 0.1) is 0 Å². The molecule has 0 radical (unpaired) electrons. The number of nitrogens with zero attached hydrogens (tertiary/aromatic N) is 2. The Morgan fingerprint density at radius 3 is 3.14 bits per heavy atom. The summed E-state index contributed by atoms with van der Waals surface area (Å²) in [7, 11) is 0. The van der Waals surface area contributed by atoms with Crippen LogP contribution in [0.5, 0.6) is 0 Å². The summed E-state index contributed by atoms with van der Waals surface area (Å²) >= 11 is 0. The fraction of sp³-hybridized carbons (Fsp3) is 0.500. The highest BCUT2D eigenvalue weighted by Gasteiger charge is 2.30. The molecule has 1 aliphatic rings. The van der Waals surface area contributed by atoms with E-state index in [4.69, 9.17) is 9.84 Å². The second kappa shape index (κ2) is 3.67. The van der Waals surface area contributed by atoms with Crippen molar-refractivity contribution in [2.45, 2.75) is 19.1 Å². The molecule has 1 amide bonds. The molecule has 1 aromatic rings. The molecular weight excluding hydrogens is 186 g/mol. The summed E-state index contributed by atoms with van der Waals surface area (Å²) in [5.41, 5.74) is 0. The molecule has 0 spiro atoms. The van der Waals surface area contributed by atoms with Crippen molar-refractivity contribution in [1.29, 1.82) is 0 Å². The number of carbonyl (C=O) groups is 1. The highest BCUT2D eigenvalue weighted by Crippen LogP contribution is 2.20. The lowest BCUT2D eigenvalue weighted by molar-refractivity contribution is 0.101. The SMILES string of the molecule is O=C(O)N(c1ncc[nH]1)[C@@H]1CCCO1. The smallest absolute Gasteiger partial charge is 0.416 e. The van der Waals surface area contributed by atoms with Crippen molar-refractivity contribution in [3.8, 4) is 0 Å². The number of imidazole rings is 1. The Balaban J connectivity index is 2.19. The van der Waals surface area contributed by atoms with Crippen LogP contribution in [0.4, 0.5) is 10.7 Å². The van der Waals surface area contributed by atoms with Crippen molar-refractivity contribution in [3.63, 3.8) is 0 Å². The topological polar surface area (TPSA) is 78.5 Å². The standard InChI is InChI=1S/C8H11N3O3/c12-8(13)11(6-2-1-5-14-6)7-9-3-4-10-7/h3-4,6H,1-2,5H2,(H,9,10)(H,12,13)/t6-/m0/s1. The number of hydrogen-bond donors (Lipinski definition) is 2. The summed E-state index contributed by atoms with van der Waals surface area (Å²) in [4.78, 5) is 18.7. The first-order valence-corrected chi connectivity index (χ1v) is 4.42. The Labute approximate surface area is 80.5 Å². The van der Waals surface area contributed by atoms with Gasteiger partial charge in [0.1, 0.15) is 6.23 Å². The van der Waals surface area contributed by atoms with Crippen molar-refractivity contribution in [2.75, 3.05) is 11.5 Å². The zero-order chi connectivity index (χ0) is 9.97. The third-order valence-corrected chi connectivity index (χ3v) is 2.11. The summed E-state index contributed by atoms with van der Waals surface area (Å²) in [6, 6.07) is 0. The van der Waals surface area contributed by atoms with E-state index in [9.17, 15) is 4.79 Å². The zero-order valence-electron chi connectivity index (χ0n) is 7.51. The molecule has 2 rings (SSSR count). The van der Waals surface area contributed by atoms with E-state index >= 15 is 0 Å². The van der Waals surface area contributed by atoms with Gasteiger partial charge in [0.05, 0.1) is 0 Å². The third kappa shape index (κ3) is 1.56. The Kier molecular flexibility index (Phi) is 2.36. The van der Waals surface area contributed by atoms with Gasteiger partial charge in [-0.3, -0.25) is 0 Å². The lowest BCUT2D eigenvalue weighted by Crippen LogP contribution is -2.39. The molecule has 2 heterocycles. The molecule has 6 nitrogen and oxygen atoms in total. The summed E-state index contributed by atoms with van der Waals surface area (Å²) in [5, 5.41) is 8.99. The maximum Gasteiger partial charge on any atom is 0.416 e. The van der Waals surface area contributed by atoms with Crippen LogP contribution in [0.2, 0.25) is 0 Å². The van der Waals surface area contributed by atoms with Gasteiger partial charge >= 0.3 is 6.09 Å². The van der Waals surface area contributed by atoms with Gasteiger partial charge in [-0.05, 0) is 12.8 Å². The van der Waals surface area contributed by atoms with Crippen LogP contribution in [0.25, 0.3) is 0 Å². The van der Waals surface area contributed by atoms with E-state index in [2.05, 4.69) is 9.97 Å². The molecule has 1 atom stereocenters. The summed E-state index contributed by atoms with van der Waals surface area (Å²) in [6.07, 6.45) is 3.24. The number of rotatable bonds is 2. The van der Waals surface area contributed by atoms with Gasteiger partial charge in [-0.1, -0.05) is 0 Å². The van der Waals surface area contributed by atoms with E-state index in [0.29, 0.717) is 19.0 Å². The quantitative estimate of drug-likeness (QED) is 0.742. The molecule has 1 aromatic heterocycles. The molecule has 1 saturated heterocycles. The second-order valence-corrected chi connectivity index (χ2v) is 3.03. The normalized spacial score (nSPS) is 21.0. The van der Waals surface area contributed by atoms with E-state index < -0.39 is 12.3 Å². The fourth-order valence-corrected chi connectivity index (χ4v) is 1.50. The van der Waals surface area contributed by atoms with Crippen LogP contribution >= 0.6 is 0 Å². The Hall–Kier alpha value is -1.56. The summed E-state index contributed by atoms with van der Waals surface area (Å²) < 4.78 is 5.29. The van der Waals surface area contributed by atoms with Crippen molar-refractivity contribution in [2.24, 2.45) is 0 Å².